The van der Waals surface area contributed by atoms with E-state index in [-0.39, 0.29) is 4.87 Å². The van der Waals surface area contributed by atoms with Crippen molar-refractivity contribution < 1.29 is 0 Å². The molecule has 3 rings (SSSR count). The fourth-order valence-corrected chi connectivity index (χ4v) is 4.50. The van der Waals surface area contributed by atoms with Gasteiger partial charge in [0.15, 0.2) is 0 Å². The van der Waals surface area contributed by atoms with Crippen LogP contribution in [0.2, 0.25) is 0 Å². The van der Waals surface area contributed by atoms with Crippen LogP contribution in [0.4, 0.5) is 0 Å². The van der Waals surface area contributed by atoms with E-state index in [1.165, 1.54) is 21.8 Å². The first-order valence-electron chi connectivity index (χ1n) is 6.06. The molecular weight excluding hydrogens is 262 g/mol. The Morgan fingerprint density at radius 3 is 2.78 bits per heavy atom. The summed E-state index contributed by atoms with van der Waals surface area (Å²) in [6, 6.07) is 8.54. The van der Waals surface area contributed by atoms with E-state index in [0.717, 1.165) is 23.5 Å². The molecule has 0 saturated heterocycles. The molecule has 0 N–H and O–H groups in total. The number of aromatic nitrogens is 1. The van der Waals surface area contributed by atoms with Gasteiger partial charge in [0.25, 0.3) is 0 Å². The van der Waals surface area contributed by atoms with Crippen molar-refractivity contribution in [1.82, 2.24) is 4.57 Å². The van der Waals surface area contributed by atoms with Gasteiger partial charge in [-0.25, -0.2) is 0 Å². The largest absolute Gasteiger partial charge is 0.307 e. The Morgan fingerprint density at radius 1 is 1.33 bits per heavy atom. The zero-order valence-electron chi connectivity index (χ0n) is 10.5. The highest BCUT2D eigenvalue weighted by atomic mass is 32.2. The molecule has 0 saturated carbocycles. The monoisotopic (exact) mass is 277 g/mol. The van der Waals surface area contributed by atoms with Crippen molar-refractivity contribution in [3.05, 3.63) is 50.1 Å². The third kappa shape index (κ3) is 2.04. The molecule has 0 fully saturated rings. The lowest BCUT2D eigenvalue weighted by Gasteiger charge is -2.10. The van der Waals surface area contributed by atoms with Gasteiger partial charge in [0.2, 0.25) is 0 Å². The maximum Gasteiger partial charge on any atom is 0.307 e. The summed E-state index contributed by atoms with van der Waals surface area (Å²) in [7, 11) is 0. The Hall–Kier alpha value is -1.00. The topological polar surface area (TPSA) is 22.0 Å². The van der Waals surface area contributed by atoms with Crippen LogP contribution in [0.3, 0.4) is 0 Å². The predicted molar refractivity (Wildman–Crippen MR) is 77.8 cm³/mol. The van der Waals surface area contributed by atoms with Gasteiger partial charge in [-0.05, 0) is 31.9 Å². The van der Waals surface area contributed by atoms with E-state index in [2.05, 4.69) is 24.3 Å². The van der Waals surface area contributed by atoms with E-state index >= 15 is 0 Å². The summed E-state index contributed by atoms with van der Waals surface area (Å²) in [5.74, 6) is 0. The van der Waals surface area contributed by atoms with Crippen LogP contribution in [0.15, 0.2) is 34.0 Å². The van der Waals surface area contributed by atoms with Crippen molar-refractivity contribution in [2.24, 2.45) is 0 Å². The molecule has 0 bridgehead atoms. The van der Waals surface area contributed by atoms with Gasteiger partial charge in [0.1, 0.15) is 0 Å². The van der Waals surface area contributed by atoms with Gasteiger partial charge in [-0.3, -0.25) is 4.79 Å². The van der Waals surface area contributed by atoms with Gasteiger partial charge >= 0.3 is 4.87 Å². The number of thioether (sulfide) groups is 1. The van der Waals surface area contributed by atoms with Crippen molar-refractivity contribution >= 4 is 23.1 Å². The number of thiazole rings is 1. The molecule has 0 radical (unpaired) electrons. The van der Waals surface area contributed by atoms with Crippen LogP contribution in [-0.4, -0.2) is 9.82 Å². The smallest absolute Gasteiger partial charge is 0.302 e. The molecule has 2 heterocycles. The number of fused-ring (bicyclic) bond motifs is 1. The molecule has 0 amide bonds. The number of aryl methyl sites for hydroxylation is 1. The summed E-state index contributed by atoms with van der Waals surface area (Å²) >= 11 is 3.26. The quantitative estimate of drug-likeness (QED) is 0.840. The minimum absolute atomic E-state index is 0.182. The second kappa shape index (κ2) is 4.59. The second-order valence-corrected chi connectivity index (χ2v) is 7.18. The predicted octanol–water partition coefficient (Wildman–Crippen LogP) is 3.24. The first kappa shape index (κ1) is 12.1. The number of hydrogen-bond acceptors (Lipinski definition) is 3. The fraction of sp³-hybridized carbons (Fsp3) is 0.357. The summed E-state index contributed by atoms with van der Waals surface area (Å²) in [6.07, 6.45) is 1.07. The van der Waals surface area contributed by atoms with Crippen LogP contribution in [0.5, 0.6) is 0 Å². The van der Waals surface area contributed by atoms with Gasteiger partial charge in [0.05, 0.1) is 0 Å². The van der Waals surface area contributed by atoms with Gasteiger partial charge in [-0.15, -0.1) is 11.8 Å². The molecule has 1 aliphatic rings. The van der Waals surface area contributed by atoms with Crippen molar-refractivity contribution in [3.63, 3.8) is 0 Å². The Morgan fingerprint density at radius 2 is 2.11 bits per heavy atom. The minimum Gasteiger partial charge on any atom is -0.302 e. The average molecular weight is 277 g/mol. The summed E-state index contributed by atoms with van der Waals surface area (Å²) < 4.78 is 1.93. The summed E-state index contributed by atoms with van der Waals surface area (Å²) in [5, 5.41) is 0.493. The van der Waals surface area contributed by atoms with Gasteiger partial charge < -0.3 is 4.57 Å². The molecule has 4 heteroatoms. The molecule has 94 valence electrons. The van der Waals surface area contributed by atoms with E-state index < -0.39 is 0 Å². The van der Waals surface area contributed by atoms with Crippen LogP contribution >= 0.6 is 23.1 Å². The lowest BCUT2D eigenvalue weighted by atomic mass is 10.1. The molecule has 0 spiro atoms. The Kier molecular flexibility index (Phi) is 3.08. The summed E-state index contributed by atoms with van der Waals surface area (Å²) in [5.41, 5.74) is 2.55. The van der Waals surface area contributed by atoms with E-state index in [9.17, 15) is 4.79 Å². The van der Waals surface area contributed by atoms with E-state index in [1.807, 2.05) is 30.2 Å². The van der Waals surface area contributed by atoms with E-state index in [0.29, 0.717) is 5.25 Å². The van der Waals surface area contributed by atoms with E-state index in [4.69, 9.17) is 0 Å². The first-order valence-corrected chi connectivity index (χ1v) is 7.76. The van der Waals surface area contributed by atoms with Crippen LogP contribution in [-0.2, 0) is 13.0 Å². The lowest BCUT2D eigenvalue weighted by molar-refractivity contribution is 0.638. The molecule has 2 nitrogen and oxygen atoms in total. The van der Waals surface area contributed by atoms with Gasteiger partial charge in [-0.1, -0.05) is 29.5 Å². The van der Waals surface area contributed by atoms with Gasteiger partial charge in [-0.2, -0.15) is 0 Å². The summed E-state index contributed by atoms with van der Waals surface area (Å²) in [6.45, 7) is 4.89. The second-order valence-electron chi connectivity index (χ2n) is 4.67. The third-order valence-corrected chi connectivity index (χ3v) is 5.77. The minimum atomic E-state index is 0.182. The molecule has 2 aromatic rings. The number of benzene rings is 1. The van der Waals surface area contributed by atoms with Crippen LogP contribution in [0.25, 0.3) is 0 Å². The Labute approximate surface area is 115 Å². The third-order valence-electron chi connectivity index (χ3n) is 3.48. The molecular formula is C14H15NOS2. The number of rotatable bonds is 2. The Balaban J connectivity index is 1.82. The lowest BCUT2D eigenvalue weighted by Crippen LogP contribution is -2.21. The fourth-order valence-electron chi connectivity index (χ4n) is 2.36. The van der Waals surface area contributed by atoms with Gasteiger partial charge in [0, 0.05) is 27.3 Å². The number of hydrogen-bond donors (Lipinski definition) is 0. The molecule has 1 aromatic heterocycles. The molecule has 18 heavy (non-hydrogen) atoms. The maximum absolute atomic E-state index is 11.9. The van der Waals surface area contributed by atoms with Crippen LogP contribution in [0.1, 0.15) is 16.1 Å². The van der Waals surface area contributed by atoms with Crippen molar-refractivity contribution in [3.8, 4) is 0 Å². The van der Waals surface area contributed by atoms with Crippen molar-refractivity contribution in [2.75, 3.05) is 0 Å². The van der Waals surface area contributed by atoms with Crippen molar-refractivity contribution in [1.29, 1.82) is 0 Å². The summed E-state index contributed by atoms with van der Waals surface area (Å²) in [4.78, 5) is 14.6. The normalized spacial score (nSPS) is 18.0. The van der Waals surface area contributed by atoms with Crippen LogP contribution < -0.4 is 4.87 Å². The molecule has 1 atom stereocenters. The number of nitrogens with zero attached hydrogens (tertiary/aromatic N) is 1. The molecule has 0 aliphatic carbocycles. The molecule has 1 aliphatic heterocycles. The highest BCUT2D eigenvalue weighted by Crippen LogP contribution is 2.37. The van der Waals surface area contributed by atoms with E-state index in [1.54, 1.807) is 0 Å². The zero-order valence-corrected chi connectivity index (χ0v) is 12.1. The molecule has 1 unspecified atom stereocenters. The van der Waals surface area contributed by atoms with Crippen LogP contribution in [0, 0.1) is 13.8 Å². The highest BCUT2D eigenvalue weighted by Gasteiger charge is 2.23. The average Bonchev–Trinajstić information content (AvgIpc) is 2.86. The highest BCUT2D eigenvalue weighted by molar-refractivity contribution is 8.00. The zero-order chi connectivity index (χ0) is 12.7. The molecule has 1 aromatic carbocycles. The first-order chi connectivity index (χ1) is 8.65. The Bertz CT molecular complexity index is 616. The standard InChI is InChI=1S/C14H15NOS2/c1-9-10(2)17-14(16)15(9)8-12-7-11-5-3-4-6-13(11)18-12/h3-6,12H,7-8H2,1-2H3. The SMILES string of the molecule is Cc1sc(=O)n(CC2Cc3ccccc3S2)c1C. The maximum atomic E-state index is 11.9. The van der Waals surface area contributed by atoms with Crippen molar-refractivity contribution in [2.45, 2.75) is 37.0 Å².